The minimum atomic E-state index is 0.900. The van der Waals surface area contributed by atoms with E-state index >= 15 is 0 Å². The Kier molecular flexibility index (Phi) is 15.6. The van der Waals surface area contributed by atoms with Gasteiger partial charge in [-0.15, -0.1) is 0 Å². The van der Waals surface area contributed by atoms with Gasteiger partial charge in [0, 0.05) is 114 Å². The van der Waals surface area contributed by atoms with Crippen molar-refractivity contribution in [3.05, 3.63) is 519 Å². The van der Waals surface area contributed by atoms with Gasteiger partial charge in [0.05, 0.1) is 79.6 Å². The number of pyridine rings is 4. The predicted molar refractivity (Wildman–Crippen MR) is 564 cm³/mol. The molecule has 0 N–H and O–H groups in total. The Morgan fingerprint density at radius 1 is 0.143 bits per heavy atom. The fraction of sp³-hybridized carbons (Fsp3) is 0.121. The second-order valence-corrected chi connectivity index (χ2v) is 41.3. The molecule has 0 bridgehead atoms. The molecule has 140 heavy (non-hydrogen) atoms. The maximum Gasteiger partial charge on any atom is 0.0716 e. The first-order valence-corrected chi connectivity index (χ1v) is 50.3. The molecule has 656 valence electrons. The van der Waals surface area contributed by atoms with Crippen LogP contribution in [0.1, 0.15) is 178 Å². The van der Waals surface area contributed by atoms with Gasteiger partial charge >= 0.3 is 0 Å². The van der Waals surface area contributed by atoms with Gasteiger partial charge in [-0.1, -0.05) is 267 Å². The summed E-state index contributed by atoms with van der Waals surface area (Å²) in [6.07, 6.45) is 28.1. The lowest BCUT2D eigenvalue weighted by atomic mass is 9.83. The molecule has 20 aromatic rings. The highest BCUT2D eigenvalue weighted by atomic mass is 15.2. The first-order valence-electron chi connectivity index (χ1n) is 50.3. The molecule has 0 saturated carbocycles. The van der Waals surface area contributed by atoms with E-state index in [1.165, 1.54) is 336 Å². The number of nitrogens with zero attached hydrogens (tertiary/aromatic N) is 8. The van der Waals surface area contributed by atoms with Crippen molar-refractivity contribution in [1.29, 1.82) is 0 Å². The molecule has 0 atom stereocenters. The standard InChI is InChI=1S/4C33H22N2/c1-3-7-25-20(6-1)15-28-27(25)11-9-22-14-23-17-34-18-24-16-29-30(35(32(23)24)33(22)28)12-10-21-13-19-5-2-4-8-26(19)31(21)29;1-3-7-24-20(6-1)17-27-26(24)11-9-22-16-23-13-14-34-29-18-28-30(35(32(22)27)33(23)29)12-10-21-15-19-5-2-4-8-25(19)31(21)28;1-3-7-24-19(5-1)14-28-26(24)11-12-31-29(28)16-23-18-34-17-22-13-21-9-10-27-25-8-4-2-6-20(25)15-30(27)33(21)35(31)32(22)23;1-3-7-23-19(5-1)15-27-25(23)11-12-31-28(27)17-22-13-14-34-30-18-21-9-10-26-24-8-4-2-6-20(24)16-29(26)32(21)35(31)33(22)30/h1-12,17-18H,13-16H2;1-14H,15-18H2;1-12,17-18H,13-16H2;1-14H,15-18H2. The third-order valence-electron chi connectivity index (χ3n) is 34.4. The molecule has 4 aromatic heterocycles. The van der Waals surface area contributed by atoms with Gasteiger partial charge in [-0.25, -0.2) is 0 Å². The summed E-state index contributed by atoms with van der Waals surface area (Å²) >= 11 is 0. The quantitative estimate of drug-likeness (QED) is 0.149. The van der Waals surface area contributed by atoms with Crippen molar-refractivity contribution in [2.75, 3.05) is 19.6 Å². The predicted octanol–water partition coefficient (Wildman–Crippen LogP) is 30.0. The summed E-state index contributed by atoms with van der Waals surface area (Å²) in [6, 6.07) is 114. The van der Waals surface area contributed by atoms with Crippen LogP contribution in [0, 0.1) is 0 Å². The Balaban J connectivity index is 0.0000000829. The Bertz CT molecular complexity index is 8610. The fourth-order valence-corrected chi connectivity index (χ4v) is 28.7. The largest absolute Gasteiger partial charge is 0.309 e. The minimum absolute atomic E-state index is 0.900. The lowest BCUT2D eigenvalue weighted by molar-refractivity contribution is 0.946. The first-order chi connectivity index (χ1) is 69.4. The third-order valence-corrected chi connectivity index (χ3v) is 34.4. The van der Waals surface area contributed by atoms with E-state index in [0.717, 1.165) is 103 Å². The van der Waals surface area contributed by atoms with Crippen LogP contribution in [0.15, 0.2) is 340 Å². The van der Waals surface area contributed by atoms with Gasteiger partial charge in [0.2, 0.25) is 0 Å². The minimum Gasteiger partial charge on any atom is -0.309 e. The summed E-state index contributed by atoms with van der Waals surface area (Å²) in [5, 5.41) is 0. The number of benzene rings is 16. The molecule has 8 aliphatic heterocycles. The molecule has 12 heterocycles. The number of aromatic nitrogens is 4. The first kappa shape index (κ1) is 76.5. The van der Waals surface area contributed by atoms with Crippen LogP contribution in [0.3, 0.4) is 0 Å². The second-order valence-electron chi connectivity index (χ2n) is 41.3. The van der Waals surface area contributed by atoms with E-state index < -0.39 is 0 Å². The lowest BCUT2D eigenvalue weighted by Gasteiger charge is -2.41. The van der Waals surface area contributed by atoms with Gasteiger partial charge in [0.15, 0.2) is 0 Å². The van der Waals surface area contributed by atoms with Gasteiger partial charge in [0.1, 0.15) is 0 Å². The van der Waals surface area contributed by atoms with Crippen molar-refractivity contribution >= 4 is 68.2 Å². The summed E-state index contributed by atoms with van der Waals surface area (Å²) in [4.78, 5) is 29.6. The van der Waals surface area contributed by atoms with Crippen LogP contribution in [0.5, 0.6) is 0 Å². The highest BCUT2D eigenvalue weighted by Gasteiger charge is 2.46. The molecule has 8 nitrogen and oxygen atoms in total. The number of anilines is 12. The zero-order valence-electron chi connectivity index (χ0n) is 77.2. The molecular formula is C132H88N8. The molecule has 0 saturated heterocycles. The molecule has 16 aliphatic rings. The maximum absolute atomic E-state index is 4.96. The van der Waals surface area contributed by atoms with Crippen molar-refractivity contribution in [1.82, 2.24) is 19.9 Å². The van der Waals surface area contributed by atoms with E-state index in [4.69, 9.17) is 19.9 Å². The maximum atomic E-state index is 4.96. The van der Waals surface area contributed by atoms with Gasteiger partial charge in [0.25, 0.3) is 0 Å². The Hall–Kier alpha value is -16.7. The monoisotopic (exact) mass is 1780 g/mol. The van der Waals surface area contributed by atoms with Crippen LogP contribution in [-0.4, -0.2) is 19.9 Å². The number of hydrogen-bond acceptors (Lipinski definition) is 8. The summed E-state index contributed by atoms with van der Waals surface area (Å²) in [5.41, 5.74) is 84.5. The van der Waals surface area contributed by atoms with Gasteiger partial charge in [-0.05, 0) is 318 Å². The zero-order valence-corrected chi connectivity index (χ0v) is 77.2. The molecule has 8 heteroatoms. The molecule has 16 aromatic carbocycles. The molecule has 0 radical (unpaired) electrons. The molecule has 36 rings (SSSR count). The average molecular weight is 1790 g/mol. The normalized spacial score (nSPS) is 14.9. The zero-order chi connectivity index (χ0) is 90.7. The van der Waals surface area contributed by atoms with Gasteiger partial charge in [-0.3, -0.25) is 19.9 Å². The van der Waals surface area contributed by atoms with E-state index in [2.05, 4.69) is 348 Å². The van der Waals surface area contributed by atoms with Crippen LogP contribution in [-0.2, 0) is 103 Å². The number of hydrogen-bond donors (Lipinski definition) is 0. The molecule has 0 unspecified atom stereocenters. The third kappa shape index (κ3) is 10.6. The molecular weight excluding hydrogens is 1700 g/mol. The Morgan fingerprint density at radius 3 is 0.764 bits per heavy atom. The smallest absolute Gasteiger partial charge is 0.0716 e. The summed E-state index contributed by atoms with van der Waals surface area (Å²) in [6.45, 7) is 0. The van der Waals surface area contributed by atoms with Crippen LogP contribution in [0.4, 0.5) is 68.2 Å². The van der Waals surface area contributed by atoms with Crippen molar-refractivity contribution in [3.63, 3.8) is 0 Å². The average Bonchev–Trinajstić information content (AvgIpc) is 1.25. The molecule has 0 spiro atoms. The highest BCUT2D eigenvalue weighted by molar-refractivity contribution is 6.04. The molecule has 8 aliphatic carbocycles. The van der Waals surface area contributed by atoms with Crippen LogP contribution in [0.2, 0.25) is 0 Å². The topological polar surface area (TPSA) is 64.5 Å². The van der Waals surface area contributed by atoms with Crippen LogP contribution >= 0.6 is 0 Å². The van der Waals surface area contributed by atoms with Gasteiger partial charge < -0.3 is 19.6 Å². The van der Waals surface area contributed by atoms with Crippen molar-refractivity contribution in [2.24, 2.45) is 0 Å². The molecule has 0 amide bonds. The summed E-state index contributed by atoms with van der Waals surface area (Å²) in [7, 11) is 0. The van der Waals surface area contributed by atoms with E-state index in [1.54, 1.807) is 0 Å². The summed E-state index contributed by atoms with van der Waals surface area (Å²) < 4.78 is 0. The summed E-state index contributed by atoms with van der Waals surface area (Å²) in [5.74, 6) is 0. The van der Waals surface area contributed by atoms with E-state index in [1.807, 2.05) is 12.4 Å². The molecule has 0 fully saturated rings. The van der Waals surface area contributed by atoms with Gasteiger partial charge in [-0.2, -0.15) is 0 Å². The van der Waals surface area contributed by atoms with Crippen molar-refractivity contribution < 1.29 is 0 Å². The SMILES string of the molecule is c1ccc2c(c1)Cc1c-2ccc2c1Cc1ccnc3c1N2c1c(ccc2c1Cc1ccccc1-2)C3.c1ccc2c(c1)Cc1c-2ccc2c1Cc1cncc3c1N2c1c(ccc2c1Cc1ccccc1-2)C3.c1ccc2c(c1)Cc1c-2ccc2c1N1c3ccc4c(c3Cc3cncc(c31)C2)-c1ccccc1C4.c1ccc2c(c1)Cc1c-2ccc2c1N1c3ccc4c(c3Cc3nccc(c31)C2)-c1ccccc1C4. The van der Waals surface area contributed by atoms with Crippen LogP contribution in [0.25, 0.3) is 89.0 Å². The Morgan fingerprint density at radius 2 is 0.379 bits per heavy atom. The van der Waals surface area contributed by atoms with E-state index in [9.17, 15) is 0 Å². The van der Waals surface area contributed by atoms with E-state index in [0.29, 0.717) is 0 Å². The lowest BCUT2D eigenvalue weighted by Crippen LogP contribution is -2.27. The van der Waals surface area contributed by atoms with Crippen molar-refractivity contribution in [2.45, 2.75) is 103 Å². The number of fused-ring (bicyclic) bond motifs is 48. The second kappa shape index (κ2) is 28.5. The van der Waals surface area contributed by atoms with Crippen molar-refractivity contribution in [3.8, 4) is 89.0 Å². The fourth-order valence-electron chi connectivity index (χ4n) is 28.7. The highest BCUT2D eigenvalue weighted by Crippen LogP contribution is 2.64. The van der Waals surface area contributed by atoms with Crippen LogP contribution < -0.4 is 19.6 Å². The van der Waals surface area contributed by atoms with E-state index in [-0.39, 0.29) is 0 Å². The Labute approximate surface area is 812 Å². The number of rotatable bonds is 0.